The summed E-state index contributed by atoms with van der Waals surface area (Å²) in [6.45, 7) is 2.63. The minimum absolute atomic E-state index is 0.529. The molecule has 0 unspecified atom stereocenters. The van der Waals surface area contributed by atoms with Crippen LogP contribution in [0.5, 0.6) is 0 Å². The molecule has 1 heterocycles. The Morgan fingerprint density at radius 1 is 1.18 bits per heavy atom. The Hall–Kier alpha value is -1.87. The number of para-hydroxylation sites is 1. The Bertz CT molecular complexity index is 491. The van der Waals surface area contributed by atoms with E-state index in [9.17, 15) is 0 Å². The summed E-state index contributed by atoms with van der Waals surface area (Å²) in [6.07, 6.45) is 1.82. The molecule has 0 aliphatic heterocycles. The molecule has 17 heavy (non-hydrogen) atoms. The van der Waals surface area contributed by atoms with Crippen LogP contribution in [-0.2, 0) is 6.54 Å². The maximum absolute atomic E-state index is 5.56. The molecule has 2 aromatic rings. The van der Waals surface area contributed by atoms with Crippen LogP contribution in [0.25, 0.3) is 0 Å². The van der Waals surface area contributed by atoms with Crippen LogP contribution < -0.4 is 10.6 Å². The van der Waals surface area contributed by atoms with Crippen LogP contribution in [0, 0.1) is 6.92 Å². The van der Waals surface area contributed by atoms with Gasteiger partial charge >= 0.3 is 0 Å². The molecule has 0 atom stereocenters. The van der Waals surface area contributed by atoms with Crippen molar-refractivity contribution in [3.63, 3.8) is 0 Å². The average Bonchev–Trinajstić information content (AvgIpc) is 2.39. The smallest absolute Gasteiger partial charge is 0.132 e. The molecule has 0 fully saturated rings. The number of aryl methyl sites for hydroxylation is 1. The van der Waals surface area contributed by atoms with Crippen LogP contribution in [0.1, 0.15) is 11.1 Å². The predicted octanol–water partition coefficient (Wildman–Crippen LogP) is 2.62. The first-order chi connectivity index (χ1) is 8.22. The van der Waals surface area contributed by atoms with Gasteiger partial charge in [0.05, 0.1) is 0 Å². The van der Waals surface area contributed by atoms with E-state index in [1.54, 1.807) is 0 Å². The van der Waals surface area contributed by atoms with Crippen LogP contribution in [0.2, 0.25) is 0 Å². The lowest BCUT2D eigenvalue weighted by molar-refractivity contribution is 1.03. The molecule has 0 radical (unpaired) electrons. The number of pyridine rings is 1. The highest BCUT2D eigenvalue weighted by Gasteiger charge is 2.06. The van der Waals surface area contributed by atoms with Crippen LogP contribution in [-0.4, -0.2) is 12.0 Å². The lowest BCUT2D eigenvalue weighted by atomic mass is 10.2. The maximum atomic E-state index is 5.56. The van der Waals surface area contributed by atoms with Crippen molar-refractivity contribution >= 4 is 11.5 Å². The third-order valence-electron chi connectivity index (χ3n) is 2.87. The molecule has 2 rings (SSSR count). The number of benzene rings is 1. The van der Waals surface area contributed by atoms with Crippen molar-refractivity contribution < 1.29 is 0 Å². The molecule has 88 valence electrons. The van der Waals surface area contributed by atoms with Crippen molar-refractivity contribution in [1.82, 2.24) is 4.98 Å². The van der Waals surface area contributed by atoms with Crippen LogP contribution >= 0.6 is 0 Å². The minimum atomic E-state index is 0.529. The van der Waals surface area contributed by atoms with Gasteiger partial charge in [-0.25, -0.2) is 4.98 Å². The Kier molecular flexibility index (Phi) is 3.40. The van der Waals surface area contributed by atoms with Gasteiger partial charge in [-0.05, 0) is 30.2 Å². The third-order valence-corrected chi connectivity index (χ3v) is 2.87. The van der Waals surface area contributed by atoms with E-state index in [4.69, 9.17) is 5.73 Å². The largest absolute Gasteiger partial charge is 0.329 e. The van der Waals surface area contributed by atoms with E-state index in [0.29, 0.717) is 6.54 Å². The number of nitrogens with zero attached hydrogens (tertiary/aromatic N) is 2. The molecule has 0 amide bonds. The van der Waals surface area contributed by atoms with Crippen LogP contribution in [0.3, 0.4) is 0 Å². The SMILES string of the molecule is Cc1ccccc1N(C)c1ccc(CN)cn1. The molecule has 0 saturated carbocycles. The van der Waals surface area contributed by atoms with Gasteiger partial charge in [-0.2, -0.15) is 0 Å². The highest BCUT2D eigenvalue weighted by molar-refractivity contribution is 5.62. The molecular formula is C14H17N3. The third kappa shape index (κ3) is 2.45. The highest BCUT2D eigenvalue weighted by atomic mass is 15.2. The summed E-state index contributed by atoms with van der Waals surface area (Å²) < 4.78 is 0. The second kappa shape index (κ2) is 4.97. The monoisotopic (exact) mass is 227 g/mol. The van der Waals surface area contributed by atoms with Crippen molar-refractivity contribution in [3.8, 4) is 0 Å². The topological polar surface area (TPSA) is 42.1 Å². The second-order valence-electron chi connectivity index (χ2n) is 4.07. The molecule has 0 aliphatic rings. The second-order valence-corrected chi connectivity index (χ2v) is 4.07. The zero-order valence-electron chi connectivity index (χ0n) is 10.2. The Labute approximate surface area is 102 Å². The molecule has 2 N–H and O–H groups in total. The van der Waals surface area contributed by atoms with Gasteiger partial charge in [0.1, 0.15) is 5.82 Å². The van der Waals surface area contributed by atoms with Gasteiger partial charge in [-0.15, -0.1) is 0 Å². The standard InChI is InChI=1S/C14H17N3/c1-11-5-3-4-6-13(11)17(2)14-8-7-12(9-15)10-16-14/h3-8,10H,9,15H2,1-2H3. The maximum Gasteiger partial charge on any atom is 0.132 e. The fourth-order valence-corrected chi connectivity index (χ4v) is 1.80. The van der Waals surface area contributed by atoms with Crippen molar-refractivity contribution in [3.05, 3.63) is 53.7 Å². The summed E-state index contributed by atoms with van der Waals surface area (Å²) in [5.74, 6) is 0.927. The average molecular weight is 227 g/mol. The molecule has 3 nitrogen and oxygen atoms in total. The molecule has 1 aromatic heterocycles. The lowest BCUT2D eigenvalue weighted by Crippen LogP contribution is -2.12. The molecule has 0 spiro atoms. The van der Waals surface area contributed by atoms with E-state index in [2.05, 4.69) is 28.9 Å². The summed E-state index contributed by atoms with van der Waals surface area (Å²) in [5.41, 5.74) is 9.01. The van der Waals surface area contributed by atoms with Gasteiger partial charge in [0, 0.05) is 25.5 Å². The summed E-state index contributed by atoms with van der Waals surface area (Å²) >= 11 is 0. The van der Waals surface area contributed by atoms with Gasteiger partial charge < -0.3 is 10.6 Å². The minimum Gasteiger partial charge on any atom is -0.329 e. The number of hydrogen-bond acceptors (Lipinski definition) is 3. The van der Waals surface area contributed by atoms with Crippen molar-refractivity contribution in [2.75, 3.05) is 11.9 Å². The first kappa shape index (κ1) is 11.6. The molecule has 1 aromatic carbocycles. The number of aromatic nitrogens is 1. The number of hydrogen-bond donors (Lipinski definition) is 1. The zero-order chi connectivity index (χ0) is 12.3. The van der Waals surface area contributed by atoms with E-state index in [1.165, 1.54) is 11.3 Å². The quantitative estimate of drug-likeness (QED) is 0.876. The van der Waals surface area contributed by atoms with E-state index >= 15 is 0 Å². The van der Waals surface area contributed by atoms with E-state index < -0.39 is 0 Å². The normalized spacial score (nSPS) is 10.3. The van der Waals surface area contributed by atoms with Crippen molar-refractivity contribution in [2.24, 2.45) is 5.73 Å². The molecule has 0 aliphatic carbocycles. The lowest BCUT2D eigenvalue weighted by Gasteiger charge is -2.20. The van der Waals surface area contributed by atoms with Gasteiger partial charge in [0.15, 0.2) is 0 Å². The molecular weight excluding hydrogens is 210 g/mol. The van der Waals surface area contributed by atoms with Crippen LogP contribution in [0.15, 0.2) is 42.6 Å². The highest BCUT2D eigenvalue weighted by Crippen LogP contribution is 2.24. The first-order valence-electron chi connectivity index (χ1n) is 5.66. The van der Waals surface area contributed by atoms with Crippen molar-refractivity contribution in [2.45, 2.75) is 13.5 Å². The van der Waals surface area contributed by atoms with E-state index in [-0.39, 0.29) is 0 Å². The number of nitrogens with two attached hydrogens (primary N) is 1. The Balaban J connectivity index is 2.30. The fraction of sp³-hybridized carbons (Fsp3) is 0.214. The van der Waals surface area contributed by atoms with Gasteiger partial charge in [-0.1, -0.05) is 24.3 Å². The summed E-state index contributed by atoms with van der Waals surface area (Å²) in [7, 11) is 2.02. The Morgan fingerprint density at radius 3 is 2.53 bits per heavy atom. The summed E-state index contributed by atoms with van der Waals surface area (Å²) in [5, 5.41) is 0. The summed E-state index contributed by atoms with van der Waals surface area (Å²) in [4.78, 5) is 6.49. The number of anilines is 2. The fourth-order valence-electron chi connectivity index (χ4n) is 1.80. The van der Waals surface area contributed by atoms with Gasteiger partial charge in [0.2, 0.25) is 0 Å². The molecule has 0 saturated heterocycles. The van der Waals surface area contributed by atoms with E-state index in [0.717, 1.165) is 11.4 Å². The van der Waals surface area contributed by atoms with Crippen molar-refractivity contribution in [1.29, 1.82) is 0 Å². The van der Waals surface area contributed by atoms with Crippen LogP contribution in [0.4, 0.5) is 11.5 Å². The molecule has 0 bridgehead atoms. The van der Waals surface area contributed by atoms with Gasteiger partial charge in [-0.3, -0.25) is 0 Å². The predicted molar refractivity (Wildman–Crippen MR) is 71.4 cm³/mol. The zero-order valence-corrected chi connectivity index (χ0v) is 10.2. The number of rotatable bonds is 3. The molecule has 3 heteroatoms. The van der Waals surface area contributed by atoms with Gasteiger partial charge in [0.25, 0.3) is 0 Å². The summed E-state index contributed by atoms with van der Waals surface area (Å²) in [6, 6.07) is 12.3. The first-order valence-corrected chi connectivity index (χ1v) is 5.66. The Morgan fingerprint density at radius 2 is 1.94 bits per heavy atom. The van der Waals surface area contributed by atoms with E-state index in [1.807, 2.05) is 37.5 Å².